The van der Waals surface area contributed by atoms with Gasteiger partial charge in [0.25, 0.3) is 0 Å². The highest BCUT2D eigenvalue weighted by Crippen LogP contribution is 2.39. The summed E-state index contributed by atoms with van der Waals surface area (Å²) in [6, 6.07) is 8.40. The fourth-order valence-corrected chi connectivity index (χ4v) is 4.83. The first kappa shape index (κ1) is 19.0. The summed E-state index contributed by atoms with van der Waals surface area (Å²) >= 11 is 0. The molecule has 1 aliphatic heterocycles. The van der Waals surface area contributed by atoms with Crippen molar-refractivity contribution in [2.75, 3.05) is 0 Å². The van der Waals surface area contributed by atoms with E-state index < -0.39 is 5.60 Å². The number of aliphatic hydroxyl groups excluding tert-OH is 1. The second-order valence-corrected chi connectivity index (χ2v) is 8.03. The molecule has 0 spiro atoms. The van der Waals surface area contributed by atoms with Crippen molar-refractivity contribution in [3.05, 3.63) is 46.7 Å². The number of ether oxygens (including phenoxy) is 1. The average Bonchev–Trinajstić information content (AvgIpc) is 3.13. The van der Waals surface area contributed by atoms with Crippen molar-refractivity contribution in [1.82, 2.24) is 0 Å². The number of hydrogen-bond donors (Lipinski definition) is 1. The molecule has 3 heteroatoms. The zero-order chi connectivity index (χ0) is 18.6. The summed E-state index contributed by atoms with van der Waals surface area (Å²) < 4.78 is 5.92. The molecule has 0 atom stereocenters. The van der Waals surface area contributed by atoms with Gasteiger partial charge in [-0.1, -0.05) is 63.8 Å². The summed E-state index contributed by atoms with van der Waals surface area (Å²) in [5.41, 5.74) is 2.45. The maximum absolute atomic E-state index is 12.8. The van der Waals surface area contributed by atoms with Gasteiger partial charge in [-0.15, -0.1) is 0 Å². The fourth-order valence-electron chi connectivity index (χ4n) is 4.83. The lowest BCUT2D eigenvalue weighted by Crippen LogP contribution is -2.40. The molecule has 1 aromatic carbocycles. The van der Waals surface area contributed by atoms with Gasteiger partial charge in [-0.05, 0) is 42.7 Å². The zero-order valence-electron chi connectivity index (χ0n) is 16.2. The molecule has 1 aromatic rings. The molecule has 0 aromatic heterocycles. The summed E-state index contributed by atoms with van der Waals surface area (Å²) in [5.74, 6) is 0.508. The number of esters is 1. The van der Waals surface area contributed by atoms with Crippen LogP contribution in [0.1, 0.15) is 88.7 Å². The molecule has 1 heterocycles. The van der Waals surface area contributed by atoms with Crippen molar-refractivity contribution in [2.45, 2.75) is 89.6 Å². The third-order valence-electron chi connectivity index (χ3n) is 6.02. The number of cyclic esters (lactones) is 1. The van der Waals surface area contributed by atoms with Crippen LogP contribution in [-0.2, 0) is 16.0 Å². The fraction of sp³-hybridized carbons (Fsp3) is 0.609. The van der Waals surface area contributed by atoms with Crippen molar-refractivity contribution in [2.24, 2.45) is 0 Å². The normalized spacial score (nSPS) is 20.5. The maximum Gasteiger partial charge on any atom is 0.338 e. The largest absolute Gasteiger partial charge is 0.512 e. The number of carbonyl (C=O) groups is 1. The van der Waals surface area contributed by atoms with Crippen molar-refractivity contribution < 1.29 is 14.6 Å². The molecule has 0 bridgehead atoms. The number of rotatable bonds is 7. The lowest BCUT2D eigenvalue weighted by molar-refractivity contribution is -0.161. The predicted molar refractivity (Wildman–Crippen MR) is 104 cm³/mol. The van der Waals surface area contributed by atoms with E-state index in [0.717, 1.165) is 31.2 Å². The van der Waals surface area contributed by atoms with E-state index in [9.17, 15) is 9.90 Å². The summed E-state index contributed by atoms with van der Waals surface area (Å²) in [6.07, 6.45) is 9.46. The first-order chi connectivity index (χ1) is 12.6. The van der Waals surface area contributed by atoms with E-state index in [1.165, 1.54) is 31.2 Å². The lowest BCUT2D eigenvalue weighted by Gasteiger charge is -2.37. The van der Waals surface area contributed by atoms with E-state index in [1.54, 1.807) is 0 Å². The Labute approximate surface area is 157 Å². The highest BCUT2D eigenvalue weighted by Gasteiger charge is 2.40. The number of carbonyl (C=O) groups excluding carboxylic acids is 1. The van der Waals surface area contributed by atoms with Crippen molar-refractivity contribution in [3.63, 3.8) is 0 Å². The van der Waals surface area contributed by atoms with Crippen LogP contribution in [0.5, 0.6) is 0 Å². The van der Waals surface area contributed by atoms with Gasteiger partial charge in [0, 0.05) is 12.8 Å². The van der Waals surface area contributed by atoms with Crippen molar-refractivity contribution in [1.29, 1.82) is 0 Å². The minimum Gasteiger partial charge on any atom is -0.512 e. The number of benzene rings is 1. The lowest BCUT2D eigenvalue weighted by atomic mass is 9.83. The smallest absolute Gasteiger partial charge is 0.338 e. The van der Waals surface area contributed by atoms with Gasteiger partial charge in [0.05, 0.1) is 5.57 Å². The van der Waals surface area contributed by atoms with E-state index in [-0.39, 0.29) is 11.7 Å². The van der Waals surface area contributed by atoms with Crippen LogP contribution >= 0.6 is 0 Å². The zero-order valence-corrected chi connectivity index (χ0v) is 16.2. The minimum atomic E-state index is -0.515. The highest BCUT2D eigenvalue weighted by atomic mass is 16.6. The molecular formula is C23H32O3. The number of hydrogen-bond acceptors (Lipinski definition) is 3. The predicted octanol–water partition coefficient (Wildman–Crippen LogP) is 5.98. The molecule has 0 saturated heterocycles. The van der Waals surface area contributed by atoms with Gasteiger partial charge in [-0.2, -0.15) is 0 Å². The number of aliphatic hydroxyl groups is 1. The van der Waals surface area contributed by atoms with Crippen LogP contribution < -0.4 is 0 Å². The Kier molecular flexibility index (Phi) is 6.05. The van der Waals surface area contributed by atoms with Gasteiger partial charge < -0.3 is 9.84 Å². The van der Waals surface area contributed by atoms with Crippen LogP contribution in [0.2, 0.25) is 0 Å². The minimum absolute atomic E-state index is 0.240. The third-order valence-corrected chi connectivity index (χ3v) is 6.02. The Morgan fingerprint density at radius 3 is 2.38 bits per heavy atom. The van der Waals surface area contributed by atoms with E-state index >= 15 is 0 Å². The first-order valence-corrected chi connectivity index (χ1v) is 10.3. The molecule has 1 N–H and O–H groups in total. The SMILES string of the molecule is CCCC1(CCC)CC(O)=C(Cc2ccccc2C2CCCC2)C(=O)O1. The topological polar surface area (TPSA) is 46.5 Å². The van der Waals surface area contributed by atoms with E-state index in [0.29, 0.717) is 24.3 Å². The van der Waals surface area contributed by atoms with Gasteiger partial charge in [0.2, 0.25) is 0 Å². The van der Waals surface area contributed by atoms with Crippen molar-refractivity contribution >= 4 is 5.97 Å². The molecule has 0 unspecified atom stereocenters. The molecule has 26 heavy (non-hydrogen) atoms. The van der Waals surface area contributed by atoms with E-state index in [4.69, 9.17) is 4.74 Å². The van der Waals surface area contributed by atoms with Gasteiger partial charge in [-0.3, -0.25) is 0 Å². The average molecular weight is 357 g/mol. The first-order valence-electron chi connectivity index (χ1n) is 10.3. The molecule has 2 aliphatic rings. The van der Waals surface area contributed by atoms with E-state index in [1.807, 2.05) is 6.07 Å². The summed E-state index contributed by atoms with van der Waals surface area (Å²) in [4.78, 5) is 12.8. The standard InChI is InChI=1S/C23H32O3/c1-3-13-23(14-4-2)16-21(24)20(22(25)26-23)15-18-11-7-8-12-19(18)17-9-5-6-10-17/h7-8,11-12,17,24H,3-6,9-10,13-16H2,1-2H3. The summed E-state index contributed by atoms with van der Waals surface area (Å²) in [7, 11) is 0. The Morgan fingerprint density at radius 1 is 1.12 bits per heavy atom. The van der Waals surface area contributed by atoms with Gasteiger partial charge in [0.15, 0.2) is 0 Å². The Morgan fingerprint density at radius 2 is 1.77 bits per heavy atom. The van der Waals surface area contributed by atoms with Crippen LogP contribution in [0.4, 0.5) is 0 Å². The molecule has 0 amide bonds. The molecule has 3 rings (SSSR count). The maximum atomic E-state index is 12.8. The monoisotopic (exact) mass is 356 g/mol. The van der Waals surface area contributed by atoms with Crippen LogP contribution in [0.15, 0.2) is 35.6 Å². The molecular weight excluding hydrogens is 324 g/mol. The van der Waals surface area contributed by atoms with Crippen LogP contribution in [-0.4, -0.2) is 16.7 Å². The second kappa shape index (κ2) is 8.28. The Balaban J connectivity index is 1.85. The molecule has 1 saturated carbocycles. The molecule has 142 valence electrons. The summed E-state index contributed by atoms with van der Waals surface area (Å²) in [5, 5.41) is 10.7. The van der Waals surface area contributed by atoms with E-state index in [2.05, 4.69) is 32.0 Å². The van der Waals surface area contributed by atoms with Crippen LogP contribution in [0.3, 0.4) is 0 Å². The molecule has 3 nitrogen and oxygen atoms in total. The van der Waals surface area contributed by atoms with Crippen LogP contribution in [0.25, 0.3) is 0 Å². The second-order valence-electron chi connectivity index (χ2n) is 8.03. The van der Waals surface area contributed by atoms with Crippen LogP contribution in [0, 0.1) is 0 Å². The highest BCUT2D eigenvalue weighted by molar-refractivity contribution is 5.90. The molecule has 1 fully saturated rings. The molecule has 1 aliphatic carbocycles. The summed E-state index contributed by atoms with van der Waals surface area (Å²) in [6.45, 7) is 4.19. The van der Waals surface area contributed by atoms with Gasteiger partial charge >= 0.3 is 5.97 Å². The van der Waals surface area contributed by atoms with Gasteiger partial charge in [-0.25, -0.2) is 4.79 Å². The quantitative estimate of drug-likeness (QED) is 0.611. The van der Waals surface area contributed by atoms with Crippen molar-refractivity contribution in [3.8, 4) is 0 Å². The Hall–Kier alpha value is -1.77. The Bertz CT molecular complexity index is 662. The third kappa shape index (κ3) is 3.97. The van der Waals surface area contributed by atoms with Gasteiger partial charge in [0.1, 0.15) is 11.4 Å². The molecule has 0 radical (unpaired) electrons.